The number of rotatable bonds is 5. The van der Waals surface area contributed by atoms with Crippen LogP contribution >= 0.6 is 0 Å². The van der Waals surface area contributed by atoms with Crippen LogP contribution in [0.2, 0.25) is 0 Å². The fourth-order valence-electron chi connectivity index (χ4n) is 2.13. The summed E-state index contributed by atoms with van der Waals surface area (Å²) in [5.41, 5.74) is 9.22. The van der Waals surface area contributed by atoms with Gasteiger partial charge in [0.15, 0.2) is 0 Å². The molecule has 0 aliphatic carbocycles. The lowest BCUT2D eigenvalue weighted by molar-refractivity contribution is 0.209. The average molecular weight is 271 g/mol. The van der Waals surface area contributed by atoms with E-state index in [1.165, 1.54) is 5.56 Å². The summed E-state index contributed by atoms with van der Waals surface area (Å²) < 4.78 is 11.4. The molecule has 0 aliphatic rings. The molecule has 0 saturated heterocycles. The quantitative estimate of drug-likeness (QED) is 0.906. The van der Waals surface area contributed by atoms with Crippen molar-refractivity contribution in [1.29, 1.82) is 0 Å². The summed E-state index contributed by atoms with van der Waals surface area (Å²) in [5, 5.41) is 0. The van der Waals surface area contributed by atoms with Crippen LogP contribution in [0.1, 0.15) is 22.8 Å². The summed E-state index contributed by atoms with van der Waals surface area (Å²) in [6, 6.07) is 14.0. The normalized spacial score (nSPS) is 12.0. The monoisotopic (exact) mass is 271 g/mol. The van der Waals surface area contributed by atoms with Crippen molar-refractivity contribution in [3.8, 4) is 11.5 Å². The Kier molecular flexibility index (Phi) is 4.64. The van der Waals surface area contributed by atoms with Crippen LogP contribution in [0.15, 0.2) is 42.5 Å². The zero-order valence-electron chi connectivity index (χ0n) is 12.2. The van der Waals surface area contributed by atoms with Gasteiger partial charge in [-0.15, -0.1) is 0 Å². The van der Waals surface area contributed by atoms with E-state index in [4.69, 9.17) is 15.2 Å². The first-order valence-corrected chi connectivity index (χ1v) is 6.72. The Morgan fingerprint density at radius 2 is 1.65 bits per heavy atom. The van der Waals surface area contributed by atoms with Crippen LogP contribution in [0.5, 0.6) is 11.5 Å². The molecular formula is C17H21NO2. The highest BCUT2D eigenvalue weighted by Gasteiger charge is 2.16. The van der Waals surface area contributed by atoms with Crippen LogP contribution in [0.25, 0.3) is 0 Å². The van der Waals surface area contributed by atoms with E-state index in [0.29, 0.717) is 6.54 Å². The molecule has 2 N–H and O–H groups in total. The molecule has 1 atom stereocenters. The van der Waals surface area contributed by atoms with Gasteiger partial charge < -0.3 is 15.2 Å². The molecule has 0 fully saturated rings. The predicted molar refractivity (Wildman–Crippen MR) is 81.3 cm³/mol. The van der Waals surface area contributed by atoms with Gasteiger partial charge in [-0.1, -0.05) is 29.3 Å². The number of ether oxygens (including phenoxy) is 2. The standard InChI is InChI=1S/C17H21NO2/c1-12-4-7-14(8-5-12)20-17(11-18)15-10-13(2)6-9-16(15)19-3/h4-10,17H,11,18H2,1-3H3. The second-order valence-corrected chi connectivity index (χ2v) is 4.90. The largest absolute Gasteiger partial charge is 0.496 e. The van der Waals surface area contributed by atoms with Gasteiger partial charge in [-0.2, -0.15) is 0 Å². The lowest BCUT2D eigenvalue weighted by Crippen LogP contribution is -2.19. The van der Waals surface area contributed by atoms with Gasteiger partial charge in [0.25, 0.3) is 0 Å². The van der Waals surface area contributed by atoms with Gasteiger partial charge in [-0.3, -0.25) is 0 Å². The van der Waals surface area contributed by atoms with Crippen molar-refractivity contribution in [3.05, 3.63) is 59.2 Å². The predicted octanol–water partition coefficient (Wildman–Crippen LogP) is 3.39. The van der Waals surface area contributed by atoms with Gasteiger partial charge in [-0.25, -0.2) is 0 Å². The van der Waals surface area contributed by atoms with Crippen LogP contribution in [0.3, 0.4) is 0 Å². The number of benzene rings is 2. The SMILES string of the molecule is COc1ccc(C)cc1C(CN)Oc1ccc(C)cc1. The minimum absolute atomic E-state index is 0.215. The van der Waals surface area contributed by atoms with Gasteiger partial charge in [0.05, 0.1) is 7.11 Å². The number of nitrogens with two attached hydrogens (primary N) is 1. The highest BCUT2D eigenvalue weighted by molar-refractivity contribution is 5.39. The van der Waals surface area contributed by atoms with E-state index in [0.717, 1.165) is 22.6 Å². The van der Waals surface area contributed by atoms with Crippen molar-refractivity contribution in [3.63, 3.8) is 0 Å². The van der Waals surface area contributed by atoms with E-state index >= 15 is 0 Å². The third kappa shape index (κ3) is 3.31. The van der Waals surface area contributed by atoms with E-state index in [1.54, 1.807) is 7.11 Å². The maximum absolute atomic E-state index is 6.00. The summed E-state index contributed by atoms with van der Waals surface area (Å²) in [6.07, 6.45) is -0.215. The number of methoxy groups -OCH3 is 1. The maximum atomic E-state index is 6.00. The molecule has 2 rings (SSSR count). The van der Waals surface area contributed by atoms with Crippen LogP contribution in [0, 0.1) is 13.8 Å². The first-order chi connectivity index (χ1) is 9.63. The van der Waals surface area contributed by atoms with Crippen molar-refractivity contribution < 1.29 is 9.47 Å². The Balaban J connectivity index is 2.28. The molecule has 1 unspecified atom stereocenters. The third-order valence-electron chi connectivity index (χ3n) is 3.25. The van der Waals surface area contributed by atoms with Crippen molar-refractivity contribution in [1.82, 2.24) is 0 Å². The average Bonchev–Trinajstić information content (AvgIpc) is 2.46. The molecular weight excluding hydrogens is 250 g/mol. The molecule has 3 heteroatoms. The molecule has 106 valence electrons. The second kappa shape index (κ2) is 6.44. The molecule has 0 aromatic heterocycles. The Bertz CT molecular complexity index is 564. The number of aryl methyl sites for hydroxylation is 2. The summed E-state index contributed by atoms with van der Waals surface area (Å²) in [7, 11) is 1.66. The van der Waals surface area contributed by atoms with Crippen LogP contribution < -0.4 is 15.2 Å². The van der Waals surface area contributed by atoms with Gasteiger partial charge in [0.2, 0.25) is 0 Å². The van der Waals surface area contributed by atoms with Crippen molar-refractivity contribution in [2.24, 2.45) is 5.73 Å². The smallest absolute Gasteiger partial charge is 0.139 e. The molecule has 3 nitrogen and oxygen atoms in total. The zero-order valence-corrected chi connectivity index (χ0v) is 12.2. The fraction of sp³-hybridized carbons (Fsp3) is 0.294. The highest BCUT2D eigenvalue weighted by Crippen LogP contribution is 2.29. The molecule has 0 bridgehead atoms. The molecule has 0 spiro atoms. The highest BCUT2D eigenvalue weighted by atomic mass is 16.5. The maximum Gasteiger partial charge on any atom is 0.139 e. The van der Waals surface area contributed by atoms with Gasteiger partial charge in [0, 0.05) is 12.1 Å². The van der Waals surface area contributed by atoms with Crippen molar-refractivity contribution >= 4 is 0 Å². The van der Waals surface area contributed by atoms with Crippen LogP contribution in [-0.4, -0.2) is 13.7 Å². The van der Waals surface area contributed by atoms with Gasteiger partial charge >= 0.3 is 0 Å². The van der Waals surface area contributed by atoms with E-state index in [-0.39, 0.29) is 6.10 Å². The van der Waals surface area contributed by atoms with Crippen LogP contribution in [0.4, 0.5) is 0 Å². The van der Waals surface area contributed by atoms with E-state index < -0.39 is 0 Å². The summed E-state index contributed by atoms with van der Waals surface area (Å²) >= 11 is 0. The van der Waals surface area contributed by atoms with Gasteiger partial charge in [0.1, 0.15) is 17.6 Å². The summed E-state index contributed by atoms with van der Waals surface area (Å²) in [5.74, 6) is 1.62. The second-order valence-electron chi connectivity index (χ2n) is 4.90. The Morgan fingerprint density at radius 3 is 2.25 bits per heavy atom. The van der Waals surface area contributed by atoms with E-state index in [2.05, 4.69) is 6.07 Å². The minimum atomic E-state index is -0.215. The van der Waals surface area contributed by atoms with Crippen LogP contribution in [-0.2, 0) is 0 Å². The molecule has 0 amide bonds. The molecule has 20 heavy (non-hydrogen) atoms. The summed E-state index contributed by atoms with van der Waals surface area (Å²) in [6.45, 7) is 4.49. The lowest BCUT2D eigenvalue weighted by Gasteiger charge is -2.20. The summed E-state index contributed by atoms with van der Waals surface area (Å²) in [4.78, 5) is 0. The number of hydrogen-bond donors (Lipinski definition) is 1. The Morgan fingerprint density at radius 1 is 1.00 bits per heavy atom. The molecule has 2 aromatic carbocycles. The zero-order chi connectivity index (χ0) is 14.5. The Hall–Kier alpha value is -2.00. The lowest BCUT2D eigenvalue weighted by atomic mass is 10.0. The molecule has 0 heterocycles. The van der Waals surface area contributed by atoms with Gasteiger partial charge in [-0.05, 0) is 38.1 Å². The first-order valence-electron chi connectivity index (χ1n) is 6.72. The molecule has 2 aromatic rings. The third-order valence-corrected chi connectivity index (χ3v) is 3.25. The topological polar surface area (TPSA) is 44.5 Å². The van der Waals surface area contributed by atoms with E-state index in [1.807, 2.05) is 50.2 Å². The minimum Gasteiger partial charge on any atom is -0.496 e. The van der Waals surface area contributed by atoms with Crippen molar-refractivity contribution in [2.75, 3.05) is 13.7 Å². The first kappa shape index (κ1) is 14.4. The Labute approximate surface area is 120 Å². The van der Waals surface area contributed by atoms with Crippen molar-refractivity contribution in [2.45, 2.75) is 20.0 Å². The molecule has 0 radical (unpaired) electrons. The van der Waals surface area contributed by atoms with E-state index in [9.17, 15) is 0 Å². The molecule has 0 saturated carbocycles. The fourth-order valence-corrected chi connectivity index (χ4v) is 2.13. The molecule has 0 aliphatic heterocycles. The number of hydrogen-bond acceptors (Lipinski definition) is 3.